The number of hydrogen-bond donors (Lipinski definition) is 6. The van der Waals surface area contributed by atoms with Gasteiger partial charge in [-0.15, -0.1) is 0 Å². The van der Waals surface area contributed by atoms with E-state index in [4.69, 9.17) is 62.4 Å². The molecule has 0 aliphatic rings. The van der Waals surface area contributed by atoms with Gasteiger partial charge < -0.3 is 48.7 Å². The van der Waals surface area contributed by atoms with Crippen molar-refractivity contribution in [2.75, 3.05) is 25.2 Å². The molecule has 30 heavy (non-hydrogen) atoms. The molecule has 0 fully saturated rings. The van der Waals surface area contributed by atoms with Gasteiger partial charge in [-0.1, -0.05) is 23.2 Å². The van der Waals surface area contributed by atoms with Crippen LogP contribution in [0.25, 0.3) is 0 Å². The number of nitrogens with zero attached hydrogens (tertiary/aromatic N) is 2. The van der Waals surface area contributed by atoms with Gasteiger partial charge in [-0.2, -0.15) is 0 Å². The lowest BCUT2D eigenvalue weighted by atomic mass is 10.2. The van der Waals surface area contributed by atoms with Gasteiger partial charge in [0.25, 0.3) is 0 Å². The van der Waals surface area contributed by atoms with Gasteiger partial charge in [-0.25, -0.2) is 0 Å². The molecule has 0 heterocycles. The van der Waals surface area contributed by atoms with Crippen LogP contribution in [0.5, 0.6) is 0 Å². The number of aliphatic imine (C=N–C) groups is 2. The smallest absolute Gasteiger partial charge is 0.324 e. The van der Waals surface area contributed by atoms with E-state index in [-0.39, 0.29) is 24.1 Å². The Balaban J connectivity index is -0.000000448. The van der Waals surface area contributed by atoms with Gasteiger partial charge in [0.1, 0.15) is 18.9 Å². The van der Waals surface area contributed by atoms with E-state index in [1.807, 2.05) is 6.79 Å². The highest BCUT2D eigenvalue weighted by atomic mass is 35.5. The zero-order chi connectivity index (χ0) is 23.9. The summed E-state index contributed by atoms with van der Waals surface area (Å²) in [5.41, 5.74) is 31.4. The Labute approximate surface area is 185 Å². The van der Waals surface area contributed by atoms with Crippen molar-refractivity contribution >= 4 is 53.8 Å². The lowest BCUT2D eigenvalue weighted by Gasteiger charge is -2.08. The molecule has 0 saturated carbocycles. The lowest BCUT2D eigenvalue weighted by molar-refractivity contribution is -0.144. The molecule has 13 nitrogen and oxygen atoms in total. The molecule has 0 saturated heterocycles. The molecule has 0 rings (SSSR count). The standard InChI is InChI=1S/2C7H15ClN4O2.CH2O/c2*8-4-14-6(13)5(9)2-1-3-12-7(10)11;1-2/h2*5H,1-4,9H2,(H4,10,11,12);1H2/t2*5-;/m00./s1. The van der Waals surface area contributed by atoms with Gasteiger partial charge in [0, 0.05) is 13.1 Å². The zero-order valence-corrected chi connectivity index (χ0v) is 18.2. The number of nitrogens with two attached hydrogens (primary N) is 6. The van der Waals surface area contributed by atoms with Crippen LogP contribution in [0, 0.1) is 0 Å². The van der Waals surface area contributed by atoms with Crippen molar-refractivity contribution in [3.8, 4) is 0 Å². The van der Waals surface area contributed by atoms with Crippen LogP contribution in [-0.2, 0) is 23.9 Å². The molecule has 12 N–H and O–H groups in total. The van der Waals surface area contributed by atoms with E-state index in [1.165, 1.54) is 0 Å². The van der Waals surface area contributed by atoms with E-state index < -0.39 is 24.0 Å². The summed E-state index contributed by atoms with van der Waals surface area (Å²) in [7, 11) is 0. The number of carbonyl (C=O) groups excluding carboxylic acids is 3. The number of hydrogen-bond acceptors (Lipinski definition) is 9. The monoisotopic (exact) mass is 474 g/mol. The van der Waals surface area contributed by atoms with Crippen LogP contribution < -0.4 is 34.4 Å². The van der Waals surface area contributed by atoms with Crippen molar-refractivity contribution in [2.24, 2.45) is 44.4 Å². The van der Waals surface area contributed by atoms with Crippen LogP contribution in [0.3, 0.4) is 0 Å². The largest absolute Gasteiger partial charge is 0.448 e. The maximum Gasteiger partial charge on any atom is 0.324 e. The Kier molecular flexibility index (Phi) is 24.7. The SMILES string of the molecule is C=O.NC(N)=NCCC[C@H](N)C(=O)OCCl.NC(N)=NCCC[C@H](N)C(=O)OCCl. The summed E-state index contributed by atoms with van der Waals surface area (Å²) in [5.74, 6) is -0.960. The third-order valence-corrected chi connectivity index (χ3v) is 3.15. The minimum Gasteiger partial charge on any atom is -0.448 e. The fourth-order valence-corrected chi connectivity index (χ4v) is 1.81. The van der Waals surface area contributed by atoms with Crippen LogP contribution in [0.4, 0.5) is 0 Å². The van der Waals surface area contributed by atoms with Crippen molar-refractivity contribution in [1.82, 2.24) is 0 Å². The average Bonchev–Trinajstić information content (AvgIpc) is 2.70. The summed E-state index contributed by atoms with van der Waals surface area (Å²) in [6.07, 6.45) is 2.17. The Morgan fingerprint density at radius 1 is 0.767 bits per heavy atom. The minimum atomic E-state index is -0.664. The van der Waals surface area contributed by atoms with E-state index in [2.05, 4.69) is 19.5 Å². The third-order valence-electron chi connectivity index (χ3n) is 2.93. The fourth-order valence-electron chi connectivity index (χ4n) is 1.60. The summed E-state index contributed by atoms with van der Waals surface area (Å²) in [6, 6.07) is -1.69. The molecular formula is C15H32Cl2N8O5. The second kappa shape index (κ2) is 22.9. The van der Waals surface area contributed by atoms with E-state index in [9.17, 15) is 9.59 Å². The van der Waals surface area contributed by atoms with Crippen LogP contribution >= 0.6 is 23.2 Å². The number of carbonyl (C=O) groups is 3. The molecule has 0 amide bonds. The van der Waals surface area contributed by atoms with Crippen LogP contribution in [-0.4, -0.2) is 68.0 Å². The van der Waals surface area contributed by atoms with Crippen LogP contribution in [0.2, 0.25) is 0 Å². The van der Waals surface area contributed by atoms with Gasteiger partial charge >= 0.3 is 11.9 Å². The van der Waals surface area contributed by atoms with Gasteiger partial charge in [0.15, 0.2) is 24.1 Å². The first-order valence-corrected chi connectivity index (χ1v) is 9.58. The van der Waals surface area contributed by atoms with E-state index >= 15 is 0 Å². The molecule has 2 atom stereocenters. The predicted octanol–water partition coefficient (Wildman–Crippen LogP) is -1.97. The van der Waals surface area contributed by atoms with Crippen LogP contribution in [0.15, 0.2) is 9.98 Å². The topological polar surface area (TPSA) is 251 Å². The Hall–Kier alpha value is -2.35. The molecule has 0 aromatic carbocycles. The van der Waals surface area contributed by atoms with Crippen molar-refractivity contribution in [2.45, 2.75) is 37.8 Å². The van der Waals surface area contributed by atoms with Crippen LogP contribution in [0.1, 0.15) is 25.7 Å². The second-order valence-corrected chi connectivity index (χ2v) is 5.69. The molecule has 0 aliphatic heterocycles. The molecule has 0 aromatic heterocycles. The summed E-state index contributed by atoms with van der Waals surface area (Å²) >= 11 is 10.4. The Bertz CT molecular complexity index is 473. The molecule has 15 heteroatoms. The number of alkyl halides is 2. The van der Waals surface area contributed by atoms with Crippen molar-refractivity contribution in [3.05, 3.63) is 0 Å². The maximum atomic E-state index is 11.0. The molecular weight excluding hydrogens is 443 g/mol. The van der Waals surface area contributed by atoms with Crippen molar-refractivity contribution in [3.63, 3.8) is 0 Å². The van der Waals surface area contributed by atoms with E-state index in [0.717, 1.165) is 0 Å². The Morgan fingerprint density at radius 3 is 1.30 bits per heavy atom. The second-order valence-electron chi connectivity index (χ2n) is 5.26. The van der Waals surface area contributed by atoms with Crippen molar-refractivity contribution < 1.29 is 23.9 Å². The maximum absolute atomic E-state index is 11.0. The third kappa shape index (κ3) is 23.7. The molecule has 0 spiro atoms. The highest BCUT2D eigenvalue weighted by Gasteiger charge is 2.14. The van der Waals surface area contributed by atoms with Gasteiger partial charge in [-0.05, 0) is 25.7 Å². The number of esters is 2. The number of rotatable bonds is 12. The summed E-state index contributed by atoms with van der Waals surface area (Å²) < 4.78 is 9.00. The summed E-state index contributed by atoms with van der Waals surface area (Å²) in [5, 5.41) is 0. The molecule has 0 aliphatic carbocycles. The first kappa shape index (κ1) is 32.3. The van der Waals surface area contributed by atoms with E-state index in [0.29, 0.717) is 38.8 Å². The predicted molar refractivity (Wildman–Crippen MR) is 117 cm³/mol. The molecule has 0 bridgehead atoms. The fraction of sp³-hybridized carbons (Fsp3) is 0.667. The molecule has 0 unspecified atom stereocenters. The quantitative estimate of drug-likeness (QED) is 0.0593. The molecule has 0 aromatic rings. The highest BCUT2D eigenvalue weighted by molar-refractivity contribution is 6.17. The number of ether oxygens (including phenoxy) is 2. The average molecular weight is 475 g/mol. The zero-order valence-electron chi connectivity index (χ0n) is 16.7. The number of guanidine groups is 2. The first-order valence-electron chi connectivity index (χ1n) is 8.51. The number of halogens is 2. The molecule has 0 radical (unpaired) electrons. The first-order chi connectivity index (χ1) is 14.1. The van der Waals surface area contributed by atoms with Crippen molar-refractivity contribution in [1.29, 1.82) is 0 Å². The van der Waals surface area contributed by atoms with E-state index in [1.54, 1.807) is 0 Å². The van der Waals surface area contributed by atoms with Gasteiger partial charge in [0.05, 0.1) is 0 Å². The Morgan fingerprint density at radius 2 is 1.07 bits per heavy atom. The minimum absolute atomic E-state index is 0.0295. The summed E-state index contributed by atoms with van der Waals surface area (Å²) in [4.78, 5) is 37.4. The lowest BCUT2D eigenvalue weighted by Crippen LogP contribution is -2.32. The van der Waals surface area contributed by atoms with Gasteiger partial charge in [-0.3, -0.25) is 19.6 Å². The summed E-state index contributed by atoms with van der Waals surface area (Å²) in [6.45, 7) is 2.90. The highest BCUT2D eigenvalue weighted by Crippen LogP contribution is 1.99. The van der Waals surface area contributed by atoms with Gasteiger partial charge in [0.2, 0.25) is 0 Å². The molecule has 176 valence electrons. The normalized spacial score (nSPS) is 11.2.